The van der Waals surface area contributed by atoms with E-state index in [4.69, 9.17) is 17.4 Å². The molecule has 1 fully saturated rings. The maximum Gasteiger partial charge on any atom is 0.238 e. The number of sulfonamides is 1. The summed E-state index contributed by atoms with van der Waals surface area (Å²) in [5.74, 6) is 0.852. The number of nitrogens with one attached hydrogen (secondary N) is 2. The highest BCUT2D eigenvalue weighted by Gasteiger charge is 2.20. The third-order valence-corrected chi connectivity index (χ3v) is 5.35. The molecule has 5 nitrogen and oxygen atoms in total. The first-order valence-electron chi connectivity index (χ1n) is 7.59. The van der Waals surface area contributed by atoms with Crippen LogP contribution in [0, 0.1) is 5.92 Å². The number of anilines is 1. The molecule has 0 spiro atoms. The Kier molecular flexibility index (Phi) is 5.77. The van der Waals surface area contributed by atoms with Gasteiger partial charge in [0.1, 0.15) is 0 Å². The van der Waals surface area contributed by atoms with Crippen LogP contribution in [0.1, 0.15) is 39.0 Å². The summed E-state index contributed by atoms with van der Waals surface area (Å²) < 4.78 is 22.4. The minimum absolute atomic E-state index is 0.0924. The van der Waals surface area contributed by atoms with Crippen molar-refractivity contribution < 1.29 is 8.42 Å². The number of nitrogens with two attached hydrogens (primary N) is 1. The summed E-state index contributed by atoms with van der Waals surface area (Å²) in [6.45, 7) is 2.25. The molecule has 22 heavy (non-hydrogen) atoms. The SMILES string of the molecule is CCC1CCC(NC(=S)Nc2ccc(S(N)(=O)=O)cc2)CC1. The van der Waals surface area contributed by atoms with E-state index >= 15 is 0 Å². The van der Waals surface area contributed by atoms with E-state index < -0.39 is 10.0 Å². The molecule has 0 aromatic heterocycles. The molecular weight excluding hydrogens is 318 g/mol. The van der Waals surface area contributed by atoms with Crippen LogP contribution >= 0.6 is 12.2 Å². The molecular formula is C15H23N3O2S2. The molecule has 1 saturated carbocycles. The third-order valence-electron chi connectivity index (χ3n) is 4.20. The van der Waals surface area contributed by atoms with Gasteiger partial charge in [-0.2, -0.15) is 0 Å². The highest BCUT2D eigenvalue weighted by Crippen LogP contribution is 2.26. The smallest absolute Gasteiger partial charge is 0.238 e. The molecule has 0 heterocycles. The van der Waals surface area contributed by atoms with E-state index in [1.54, 1.807) is 12.1 Å². The second kappa shape index (κ2) is 7.39. The summed E-state index contributed by atoms with van der Waals surface area (Å²) >= 11 is 5.32. The molecule has 122 valence electrons. The highest BCUT2D eigenvalue weighted by atomic mass is 32.2. The predicted octanol–water partition coefficient (Wildman–Crippen LogP) is 2.59. The Morgan fingerprint density at radius 2 is 1.82 bits per heavy atom. The number of thiocarbonyl (C=S) groups is 1. The van der Waals surface area contributed by atoms with Crippen LogP contribution in [0.15, 0.2) is 29.2 Å². The summed E-state index contributed by atoms with van der Waals surface area (Å²) in [5, 5.41) is 12.1. The number of rotatable bonds is 4. The van der Waals surface area contributed by atoms with Crippen LogP contribution in [0.4, 0.5) is 5.69 Å². The zero-order chi connectivity index (χ0) is 16.2. The normalized spacial score (nSPS) is 22.1. The van der Waals surface area contributed by atoms with Crippen LogP contribution in [-0.2, 0) is 10.0 Å². The quantitative estimate of drug-likeness (QED) is 0.733. The van der Waals surface area contributed by atoms with Crippen LogP contribution < -0.4 is 15.8 Å². The summed E-state index contributed by atoms with van der Waals surface area (Å²) in [5.41, 5.74) is 0.743. The largest absolute Gasteiger partial charge is 0.360 e. The second-order valence-electron chi connectivity index (χ2n) is 5.79. The lowest BCUT2D eigenvalue weighted by Gasteiger charge is -2.29. The van der Waals surface area contributed by atoms with Gasteiger partial charge < -0.3 is 10.6 Å². The van der Waals surface area contributed by atoms with Gasteiger partial charge in [0.15, 0.2) is 5.11 Å². The van der Waals surface area contributed by atoms with Gasteiger partial charge in [0, 0.05) is 11.7 Å². The van der Waals surface area contributed by atoms with Gasteiger partial charge in [0.05, 0.1) is 4.90 Å². The Morgan fingerprint density at radius 3 is 2.32 bits per heavy atom. The zero-order valence-corrected chi connectivity index (χ0v) is 14.3. The Bertz CT molecular complexity index is 606. The minimum Gasteiger partial charge on any atom is -0.360 e. The molecule has 0 radical (unpaired) electrons. The van der Waals surface area contributed by atoms with Gasteiger partial charge in [0.2, 0.25) is 10.0 Å². The van der Waals surface area contributed by atoms with Crippen molar-refractivity contribution in [2.45, 2.75) is 50.0 Å². The fourth-order valence-electron chi connectivity index (χ4n) is 2.80. The molecule has 1 aromatic carbocycles. The monoisotopic (exact) mass is 341 g/mol. The zero-order valence-electron chi connectivity index (χ0n) is 12.7. The van der Waals surface area contributed by atoms with Gasteiger partial charge in [-0.3, -0.25) is 0 Å². The summed E-state index contributed by atoms with van der Waals surface area (Å²) in [6.07, 6.45) is 6.04. The first kappa shape index (κ1) is 17.2. The Labute approximate surface area is 137 Å². The van der Waals surface area contributed by atoms with Gasteiger partial charge in [0.25, 0.3) is 0 Å². The highest BCUT2D eigenvalue weighted by molar-refractivity contribution is 7.89. The van der Waals surface area contributed by atoms with Crippen molar-refractivity contribution in [1.29, 1.82) is 0 Å². The van der Waals surface area contributed by atoms with Crippen LogP contribution in [-0.4, -0.2) is 19.6 Å². The van der Waals surface area contributed by atoms with Crippen LogP contribution in [0.3, 0.4) is 0 Å². The molecule has 0 bridgehead atoms. The molecule has 0 aliphatic heterocycles. The molecule has 0 unspecified atom stereocenters. The molecule has 7 heteroatoms. The van der Waals surface area contributed by atoms with E-state index in [0.717, 1.165) is 24.4 Å². The van der Waals surface area contributed by atoms with E-state index in [2.05, 4.69) is 17.6 Å². The summed E-state index contributed by atoms with van der Waals surface area (Å²) in [7, 11) is -3.65. The molecule has 0 atom stereocenters. The van der Waals surface area contributed by atoms with E-state index in [1.807, 2.05) is 0 Å². The molecule has 1 aromatic rings. The van der Waals surface area contributed by atoms with Crippen LogP contribution in [0.2, 0.25) is 0 Å². The number of hydrogen-bond donors (Lipinski definition) is 3. The fourth-order valence-corrected chi connectivity index (χ4v) is 3.60. The molecule has 0 amide bonds. The van der Waals surface area contributed by atoms with Gasteiger partial charge in [-0.25, -0.2) is 13.6 Å². The molecule has 0 saturated heterocycles. The van der Waals surface area contributed by atoms with Crippen molar-refractivity contribution in [1.82, 2.24) is 5.32 Å². The van der Waals surface area contributed by atoms with E-state index in [0.29, 0.717) is 11.2 Å². The Hall–Kier alpha value is -1.18. The average molecular weight is 342 g/mol. The van der Waals surface area contributed by atoms with Crippen molar-refractivity contribution in [2.75, 3.05) is 5.32 Å². The van der Waals surface area contributed by atoms with Gasteiger partial charge in [-0.05, 0) is 68.1 Å². The third kappa shape index (κ3) is 4.93. The Balaban J connectivity index is 1.85. The minimum atomic E-state index is -3.65. The summed E-state index contributed by atoms with van der Waals surface area (Å²) in [6, 6.07) is 6.66. The maximum absolute atomic E-state index is 11.2. The van der Waals surface area contributed by atoms with Gasteiger partial charge >= 0.3 is 0 Å². The van der Waals surface area contributed by atoms with Crippen molar-refractivity contribution in [3.8, 4) is 0 Å². The van der Waals surface area contributed by atoms with Crippen molar-refractivity contribution in [3.63, 3.8) is 0 Å². The number of benzene rings is 1. The molecule has 1 aliphatic carbocycles. The first-order valence-corrected chi connectivity index (χ1v) is 9.54. The lowest BCUT2D eigenvalue weighted by Crippen LogP contribution is -2.39. The number of primary sulfonamides is 1. The Morgan fingerprint density at radius 1 is 1.23 bits per heavy atom. The maximum atomic E-state index is 11.2. The van der Waals surface area contributed by atoms with Gasteiger partial charge in [-0.15, -0.1) is 0 Å². The first-order chi connectivity index (χ1) is 10.4. The fraction of sp³-hybridized carbons (Fsp3) is 0.533. The van der Waals surface area contributed by atoms with Crippen molar-refractivity contribution in [3.05, 3.63) is 24.3 Å². The van der Waals surface area contributed by atoms with Gasteiger partial charge in [-0.1, -0.05) is 13.3 Å². The molecule has 4 N–H and O–H groups in total. The number of hydrogen-bond acceptors (Lipinski definition) is 3. The van der Waals surface area contributed by atoms with Crippen LogP contribution in [0.5, 0.6) is 0 Å². The molecule has 2 rings (SSSR count). The second-order valence-corrected chi connectivity index (χ2v) is 7.76. The lowest BCUT2D eigenvalue weighted by atomic mass is 9.85. The van der Waals surface area contributed by atoms with Crippen molar-refractivity contribution >= 4 is 33.0 Å². The average Bonchev–Trinajstić information content (AvgIpc) is 2.47. The van der Waals surface area contributed by atoms with E-state index in [-0.39, 0.29) is 4.90 Å². The summed E-state index contributed by atoms with van der Waals surface area (Å²) in [4.78, 5) is 0.0924. The van der Waals surface area contributed by atoms with E-state index in [9.17, 15) is 8.42 Å². The van der Waals surface area contributed by atoms with E-state index in [1.165, 1.54) is 31.4 Å². The standard InChI is InChI=1S/C15H23N3O2S2/c1-2-11-3-5-12(6-4-11)17-15(21)18-13-7-9-14(10-8-13)22(16,19)20/h7-12H,2-6H2,1H3,(H2,16,19,20)(H2,17,18,21). The predicted molar refractivity (Wildman–Crippen MR) is 93.2 cm³/mol. The van der Waals surface area contributed by atoms with Crippen LogP contribution in [0.25, 0.3) is 0 Å². The van der Waals surface area contributed by atoms with Crippen molar-refractivity contribution in [2.24, 2.45) is 11.1 Å². The topological polar surface area (TPSA) is 84.2 Å². The lowest BCUT2D eigenvalue weighted by molar-refractivity contribution is 0.306. The molecule has 1 aliphatic rings.